The van der Waals surface area contributed by atoms with Gasteiger partial charge in [-0.3, -0.25) is 4.98 Å². The summed E-state index contributed by atoms with van der Waals surface area (Å²) in [4.78, 5) is 11.6. The van der Waals surface area contributed by atoms with Crippen LogP contribution < -0.4 is 0 Å². The molecule has 68 valence electrons. The highest BCUT2D eigenvalue weighted by atomic mass is 35.5. The van der Waals surface area contributed by atoms with Crippen molar-refractivity contribution >= 4 is 46.5 Å². The predicted molar refractivity (Wildman–Crippen MR) is 54.6 cm³/mol. The van der Waals surface area contributed by atoms with Crippen LogP contribution in [0.15, 0.2) is 18.5 Å². The zero-order valence-electron chi connectivity index (χ0n) is 6.24. The molecule has 6 heteroatoms. The molecule has 2 aromatic heterocycles. The minimum Gasteiger partial charge on any atom is -0.262 e. The minimum atomic E-state index is 0. The molecule has 0 unspecified atom stereocenters. The van der Waals surface area contributed by atoms with Crippen LogP contribution in [0.1, 0.15) is 0 Å². The molecule has 0 spiro atoms. The Balaban J connectivity index is 0.000000845. The second kappa shape index (κ2) is 4.05. The molecule has 2 aromatic rings. The van der Waals surface area contributed by atoms with E-state index in [9.17, 15) is 0 Å². The first-order valence-corrected chi connectivity index (χ1v) is 3.96. The van der Waals surface area contributed by atoms with Crippen LogP contribution in [-0.4, -0.2) is 15.0 Å². The summed E-state index contributed by atoms with van der Waals surface area (Å²) in [5.41, 5.74) is 0.655. The molecule has 0 fully saturated rings. The van der Waals surface area contributed by atoms with Gasteiger partial charge in [-0.25, -0.2) is 9.97 Å². The van der Waals surface area contributed by atoms with E-state index in [1.165, 1.54) is 0 Å². The molecule has 0 atom stereocenters. The third kappa shape index (κ3) is 1.99. The van der Waals surface area contributed by atoms with Crippen molar-refractivity contribution in [2.75, 3.05) is 0 Å². The first-order chi connectivity index (χ1) is 5.77. The molecule has 0 amide bonds. The van der Waals surface area contributed by atoms with Gasteiger partial charge in [0.25, 0.3) is 0 Å². The molecule has 0 aromatic carbocycles. The Morgan fingerprint density at radius 3 is 2.69 bits per heavy atom. The Hall–Kier alpha value is -0.640. The molecule has 0 aliphatic rings. The van der Waals surface area contributed by atoms with Crippen molar-refractivity contribution in [1.82, 2.24) is 15.0 Å². The minimum absolute atomic E-state index is 0. The Morgan fingerprint density at radius 2 is 1.92 bits per heavy atom. The molecule has 2 rings (SSSR count). The van der Waals surface area contributed by atoms with Gasteiger partial charge in [0.2, 0.25) is 5.28 Å². The zero-order chi connectivity index (χ0) is 8.55. The molecule has 0 aliphatic carbocycles. The van der Waals surface area contributed by atoms with Crippen molar-refractivity contribution in [3.05, 3.63) is 28.9 Å². The maximum Gasteiger partial charge on any atom is 0.224 e. The summed E-state index contributed by atoms with van der Waals surface area (Å²) < 4.78 is 0. The average molecular weight is 236 g/mol. The quantitative estimate of drug-likeness (QED) is 0.521. The summed E-state index contributed by atoms with van der Waals surface area (Å²) >= 11 is 11.4. The third-order valence-electron chi connectivity index (χ3n) is 1.43. The highest BCUT2D eigenvalue weighted by Gasteiger charge is 2.02. The third-order valence-corrected chi connectivity index (χ3v) is 1.88. The van der Waals surface area contributed by atoms with Crippen LogP contribution >= 0.6 is 35.6 Å². The number of pyridine rings is 1. The van der Waals surface area contributed by atoms with Crippen molar-refractivity contribution in [2.45, 2.75) is 0 Å². The summed E-state index contributed by atoms with van der Waals surface area (Å²) in [6.45, 7) is 0. The van der Waals surface area contributed by atoms with E-state index in [0.29, 0.717) is 10.7 Å². The van der Waals surface area contributed by atoms with Gasteiger partial charge in [-0.2, -0.15) is 0 Å². The number of hydrogen-bond acceptors (Lipinski definition) is 3. The number of aromatic nitrogens is 3. The Bertz CT molecular complexity index is 432. The molecular weight excluding hydrogens is 232 g/mol. The van der Waals surface area contributed by atoms with Gasteiger partial charge < -0.3 is 0 Å². The molecule has 3 nitrogen and oxygen atoms in total. The smallest absolute Gasteiger partial charge is 0.224 e. The monoisotopic (exact) mass is 235 g/mol. The summed E-state index contributed by atoms with van der Waals surface area (Å²) in [7, 11) is 0. The first kappa shape index (κ1) is 10.4. The van der Waals surface area contributed by atoms with Crippen LogP contribution in [0.25, 0.3) is 10.9 Å². The lowest BCUT2D eigenvalue weighted by Gasteiger charge is -1.97. The van der Waals surface area contributed by atoms with Crippen LogP contribution in [0.5, 0.6) is 0 Å². The van der Waals surface area contributed by atoms with Crippen LogP contribution in [0.4, 0.5) is 0 Å². The van der Waals surface area contributed by atoms with Crippen LogP contribution in [0, 0.1) is 0 Å². The van der Waals surface area contributed by atoms with E-state index in [1.54, 1.807) is 18.5 Å². The molecule has 0 bridgehead atoms. The summed E-state index contributed by atoms with van der Waals surface area (Å²) in [6, 6.07) is 1.74. The lowest BCUT2D eigenvalue weighted by Crippen LogP contribution is -1.86. The van der Waals surface area contributed by atoms with Gasteiger partial charge >= 0.3 is 0 Å². The average Bonchev–Trinajstić information content (AvgIpc) is 2.04. The fourth-order valence-corrected chi connectivity index (χ4v) is 1.37. The second-order valence-electron chi connectivity index (χ2n) is 2.18. The maximum absolute atomic E-state index is 5.80. The van der Waals surface area contributed by atoms with Crippen molar-refractivity contribution in [2.24, 2.45) is 0 Å². The van der Waals surface area contributed by atoms with Crippen molar-refractivity contribution < 1.29 is 0 Å². The summed E-state index contributed by atoms with van der Waals surface area (Å²) in [6.07, 6.45) is 3.22. The highest BCUT2D eigenvalue weighted by Crippen LogP contribution is 2.20. The van der Waals surface area contributed by atoms with E-state index in [-0.39, 0.29) is 17.7 Å². The maximum atomic E-state index is 5.80. The number of fused-ring (bicyclic) bond motifs is 1. The van der Waals surface area contributed by atoms with Crippen LogP contribution in [0.2, 0.25) is 10.4 Å². The SMILES string of the molecule is Cl.Clc1nc(Cl)c2ccncc2n1. The second-order valence-corrected chi connectivity index (χ2v) is 2.87. The first-order valence-electron chi connectivity index (χ1n) is 3.20. The van der Waals surface area contributed by atoms with Gasteiger partial charge in [-0.1, -0.05) is 11.6 Å². The van der Waals surface area contributed by atoms with Gasteiger partial charge in [0.05, 0.1) is 11.7 Å². The van der Waals surface area contributed by atoms with Crippen molar-refractivity contribution in [3.63, 3.8) is 0 Å². The topological polar surface area (TPSA) is 38.7 Å². The zero-order valence-corrected chi connectivity index (χ0v) is 8.57. The summed E-state index contributed by atoms with van der Waals surface area (Å²) in [5, 5.41) is 1.25. The Kier molecular flexibility index (Phi) is 3.25. The van der Waals surface area contributed by atoms with Gasteiger partial charge in [-0.05, 0) is 17.7 Å². The van der Waals surface area contributed by atoms with Crippen LogP contribution in [-0.2, 0) is 0 Å². The molecule has 0 radical (unpaired) electrons. The molecule has 0 aliphatic heterocycles. The highest BCUT2D eigenvalue weighted by molar-refractivity contribution is 6.35. The number of halogens is 3. The van der Waals surface area contributed by atoms with E-state index in [1.807, 2.05) is 0 Å². The van der Waals surface area contributed by atoms with Gasteiger partial charge in [0.1, 0.15) is 5.15 Å². The Morgan fingerprint density at radius 1 is 1.15 bits per heavy atom. The van der Waals surface area contributed by atoms with E-state index in [2.05, 4.69) is 15.0 Å². The number of rotatable bonds is 0. The Labute approximate surface area is 90.5 Å². The summed E-state index contributed by atoms with van der Waals surface area (Å²) in [5.74, 6) is 0. The molecule has 13 heavy (non-hydrogen) atoms. The number of hydrogen-bond donors (Lipinski definition) is 0. The van der Waals surface area contributed by atoms with E-state index >= 15 is 0 Å². The van der Waals surface area contributed by atoms with Gasteiger partial charge in [0.15, 0.2) is 0 Å². The van der Waals surface area contributed by atoms with Gasteiger partial charge in [0, 0.05) is 11.6 Å². The van der Waals surface area contributed by atoms with E-state index < -0.39 is 0 Å². The molecule has 0 N–H and O–H groups in total. The molecule has 2 heterocycles. The van der Waals surface area contributed by atoms with Crippen molar-refractivity contribution in [1.29, 1.82) is 0 Å². The van der Waals surface area contributed by atoms with Gasteiger partial charge in [-0.15, -0.1) is 12.4 Å². The van der Waals surface area contributed by atoms with E-state index in [0.717, 1.165) is 5.39 Å². The van der Waals surface area contributed by atoms with E-state index in [4.69, 9.17) is 23.2 Å². The normalized spacial score (nSPS) is 9.69. The standard InChI is InChI=1S/C7H3Cl2N3.ClH/c8-6-4-1-2-10-3-5(4)11-7(9)12-6;/h1-3H;1H. The largest absolute Gasteiger partial charge is 0.262 e. The lowest BCUT2D eigenvalue weighted by atomic mass is 10.3. The number of nitrogens with zero attached hydrogens (tertiary/aromatic N) is 3. The lowest BCUT2D eigenvalue weighted by molar-refractivity contribution is 1.20. The molecule has 0 saturated heterocycles. The van der Waals surface area contributed by atoms with Crippen LogP contribution in [0.3, 0.4) is 0 Å². The fourth-order valence-electron chi connectivity index (χ4n) is 0.915. The molecular formula is C7H4Cl3N3. The van der Waals surface area contributed by atoms with Crippen molar-refractivity contribution in [3.8, 4) is 0 Å². The fraction of sp³-hybridized carbons (Fsp3) is 0. The molecule has 0 saturated carbocycles. The predicted octanol–water partition coefficient (Wildman–Crippen LogP) is 2.75.